The molecule has 2 aliphatic rings. The van der Waals surface area contributed by atoms with Gasteiger partial charge in [0.2, 0.25) is 5.91 Å². The number of aromatic nitrogens is 1. The lowest BCUT2D eigenvalue weighted by molar-refractivity contribution is -0.121. The van der Waals surface area contributed by atoms with Gasteiger partial charge in [-0.05, 0) is 43.2 Å². The molecule has 2 amide bonds. The first-order valence-corrected chi connectivity index (χ1v) is 10.2. The van der Waals surface area contributed by atoms with Gasteiger partial charge in [0.15, 0.2) is 0 Å². The highest BCUT2D eigenvalue weighted by atomic mass is 16.2. The van der Waals surface area contributed by atoms with Crippen LogP contribution in [0.15, 0.2) is 24.5 Å². The van der Waals surface area contributed by atoms with Crippen molar-refractivity contribution in [2.45, 2.75) is 57.8 Å². The van der Waals surface area contributed by atoms with Crippen molar-refractivity contribution in [1.29, 1.82) is 0 Å². The summed E-state index contributed by atoms with van der Waals surface area (Å²) < 4.78 is 0. The highest BCUT2D eigenvalue weighted by Gasteiger charge is 2.24. The first-order chi connectivity index (χ1) is 12.7. The van der Waals surface area contributed by atoms with Crippen LogP contribution in [-0.4, -0.2) is 41.3 Å². The minimum absolute atomic E-state index is 0.0630. The quantitative estimate of drug-likeness (QED) is 0.849. The van der Waals surface area contributed by atoms with Crippen LogP contribution >= 0.6 is 0 Å². The van der Waals surface area contributed by atoms with E-state index < -0.39 is 0 Å². The standard InChI is InChI=1S/C21H31N3O2/c25-20(9-8-17-5-2-1-3-6-17)23-15-18-10-13-24(14-11-18)21(26)19-7-4-12-22-16-19/h4,7,12,16-18H,1-3,5-6,8-11,13-15H2,(H,23,25). The molecule has 5 nitrogen and oxygen atoms in total. The Hall–Kier alpha value is -1.91. The van der Waals surface area contributed by atoms with Gasteiger partial charge in [0, 0.05) is 38.4 Å². The molecule has 5 heteroatoms. The molecular formula is C21H31N3O2. The van der Waals surface area contributed by atoms with E-state index >= 15 is 0 Å². The second kappa shape index (κ2) is 9.70. The molecule has 1 aliphatic carbocycles. The third-order valence-corrected chi connectivity index (χ3v) is 5.90. The van der Waals surface area contributed by atoms with Gasteiger partial charge in [-0.2, -0.15) is 0 Å². The molecule has 1 N–H and O–H groups in total. The fourth-order valence-electron chi connectivity index (χ4n) is 4.17. The average Bonchev–Trinajstić information content (AvgIpc) is 2.72. The Balaban J connectivity index is 1.32. The van der Waals surface area contributed by atoms with Crippen molar-refractivity contribution in [3.05, 3.63) is 30.1 Å². The molecule has 3 rings (SSSR count). The number of amides is 2. The normalized spacial score (nSPS) is 19.3. The Morgan fingerprint density at radius 1 is 1.08 bits per heavy atom. The van der Waals surface area contributed by atoms with Crippen molar-refractivity contribution in [3.63, 3.8) is 0 Å². The number of carbonyl (C=O) groups excluding carboxylic acids is 2. The van der Waals surface area contributed by atoms with Gasteiger partial charge < -0.3 is 10.2 Å². The van der Waals surface area contributed by atoms with E-state index in [1.54, 1.807) is 18.5 Å². The lowest BCUT2D eigenvalue weighted by Gasteiger charge is -2.32. The zero-order valence-corrected chi connectivity index (χ0v) is 15.7. The number of nitrogens with zero attached hydrogens (tertiary/aromatic N) is 2. The summed E-state index contributed by atoms with van der Waals surface area (Å²) >= 11 is 0. The monoisotopic (exact) mass is 357 g/mol. The largest absolute Gasteiger partial charge is 0.356 e. The summed E-state index contributed by atoms with van der Waals surface area (Å²) in [5.41, 5.74) is 0.655. The Kier molecular flexibility index (Phi) is 7.04. The molecule has 26 heavy (non-hydrogen) atoms. The van der Waals surface area contributed by atoms with Crippen LogP contribution in [0.4, 0.5) is 0 Å². The van der Waals surface area contributed by atoms with E-state index in [9.17, 15) is 9.59 Å². The number of pyridine rings is 1. The second-order valence-electron chi connectivity index (χ2n) is 7.82. The summed E-state index contributed by atoms with van der Waals surface area (Å²) in [5.74, 6) is 1.50. The van der Waals surface area contributed by atoms with E-state index in [1.165, 1.54) is 32.1 Å². The number of piperidine rings is 1. The molecule has 0 aromatic carbocycles. The summed E-state index contributed by atoms with van der Waals surface area (Å²) in [6, 6.07) is 3.61. The third-order valence-electron chi connectivity index (χ3n) is 5.90. The number of rotatable bonds is 6. The van der Waals surface area contributed by atoms with Crippen LogP contribution in [0, 0.1) is 11.8 Å². The Labute approximate surface area is 156 Å². The zero-order chi connectivity index (χ0) is 18.2. The van der Waals surface area contributed by atoms with E-state index in [-0.39, 0.29) is 11.8 Å². The van der Waals surface area contributed by atoms with Crippen molar-refractivity contribution in [2.24, 2.45) is 11.8 Å². The molecule has 0 spiro atoms. The molecule has 0 unspecified atom stereocenters. The number of likely N-dealkylation sites (tertiary alicyclic amines) is 1. The number of nitrogens with one attached hydrogen (secondary N) is 1. The van der Waals surface area contributed by atoms with Crippen LogP contribution in [0.2, 0.25) is 0 Å². The topological polar surface area (TPSA) is 62.3 Å². The minimum Gasteiger partial charge on any atom is -0.356 e. The Morgan fingerprint density at radius 3 is 2.54 bits per heavy atom. The molecule has 0 radical (unpaired) electrons. The molecule has 1 saturated carbocycles. The first-order valence-electron chi connectivity index (χ1n) is 10.2. The van der Waals surface area contributed by atoms with Gasteiger partial charge >= 0.3 is 0 Å². The first kappa shape index (κ1) is 18.9. The molecule has 142 valence electrons. The van der Waals surface area contributed by atoms with Crippen molar-refractivity contribution in [1.82, 2.24) is 15.2 Å². The van der Waals surface area contributed by atoms with Crippen LogP contribution in [0.25, 0.3) is 0 Å². The maximum absolute atomic E-state index is 12.4. The summed E-state index contributed by atoms with van der Waals surface area (Å²) in [7, 11) is 0. The smallest absolute Gasteiger partial charge is 0.255 e. The van der Waals surface area contributed by atoms with Crippen molar-refractivity contribution in [3.8, 4) is 0 Å². The lowest BCUT2D eigenvalue weighted by atomic mass is 9.86. The van der Waals surface area contributed by atoms with Crippen molar-refractivity contribution >= 4 is 11.8 Å². The van der Waals surface area contributed by atoms with Gasteiger partial charge in [-0.15, -0.1) is 0 Å². The average molecular weight is 357 g/mol. The van der Waals surface area contributed by atoms with Gasteiger partial charge in [0.05, 0.1) is 5.56 Å². The van der Waals surface area contributed by atoms with E-state index in [4.69, 9.17) is 0 Å². The molecule has 1 aromatic rings. The third kappa shape index (κ3) is 5.55. The molecule has 2 fully saturated rings. The summed E-state index contributed by atoms with van der Waals surface area (Å²) in [6.07, 6.45) is 13.6. The fraction of sp³-hybridized carbons (Fsp3) is 0.667. The molecular weight excluding hydrogens is 326 g/mol. The van der Waals surface area contributed by atoms with E-state index in [0.717, 1.165) is 44.8 Å². The lowest BCUT2D eigenvalue weighted by Crippen LogP contribution is -2.41. The van der Waals surface area contributed by atoms with Crippen LogP contribution in [0.1, 0.15) is 68.1 Å². The van der Waals surface area contributed by atoms with Crippen LogP contribution in [0.3, 0.4) is 0 Å². The molecule has 1 saturated heterocycles. The van der Waals surface area contributed by atoms with E-state index in [1.807, 2.05) is 11.0 Å². The van der Waals surface area contributed by atoms with Crippen LogP contribution in [-0.2, 0) is 4.79 Å². The molecule has 1 aliphatic heterocycles. The van der Waals surface area contributed by atoms with E-state index in [0.29, 0.717) is 17.9 Å². The minimum atomic E-state index is 0.0630. The fourth-order valence-corrected chi connectivity index (χ4v) is 4.17. The van der Waals surface area contributed by atoms with Gasteiger partial charge in [-0.3, -0.25) is 14.6 Å². The van der Waals surface area contributed by atoms with Crippen LogP contribution in [0.5, 0.6) is 0 Å². The number of hydrogen-bond donors (Lipinski definition) is 1. The van der Waals surface area contributed by atoms with Gasteiger partial charge in [0.25, 0.3) is 5.91 Å². The van der Waals surface area contributed by atoms with E-state index in [2.05, 4.69) is 10.3 Å². The van der Waals surface area contributed by atoms with Gasteiger partial charge in [-0.25, -0.2) is 0 Å². The van der Waals surface area contributed by atoms with Crippen molar-refractivity contribution < 1.29 is 9.59 Å². The van der Waals surface area contributed by atoms with Gasteiger partial charge in [-0.1, -0.05) is 32.1 Å². The Morgan fingerprint density at radius 2 is 1.85 bits per heavy atom. The maximum Gasteiger partial charge on any atom is 0.255 e. The van der Waals surface area contributed by atoms with Crippen LogP contribution < -0.4 is 5.32 Å². The predicted molar refractivity (Wildman–Crippen MR) is 102 cm³/mol. The second-order valence-corrected chi connectivity index (χ2v) is 7.82. The van der Waals surface area contributed by atoms with Crippen molar-refractivity contribution in [2.75, 3.05) is 19.6 Å². The molecule has 0 atom stereocenters. The summed E-state index contributed by atoms with van der Waals surface area (Å²) in [6.45, 7) is 2.27. The predicted octanol–water partition coefficient (Wildman–Crippen LogP) is 3.41. The molecule has 2 heterocycles. The highest BCUT2D eigenvalue weighted by molar-refractivity contribution is 5.93. The SMILES string of the molecule is O=C(CCC1CCCCC1)NCC1CCN(C(=O)c2cccnc2)CC1. The molecule has 1 aromatic heterocycles. The Bertz CT molecular complexity index is 576. The summed E-state index contributed by atoms with van der Waals surface area (Å²) in [4.78, 5) is 30.4. The highest BCUT2D eigenvalue weighted by Crippen LogP contribution is 2.27. The summed E-state index contributed by atoms with van der Waals surface area (Å²) in [5, 5.41) is 3.12. The molecule has 0 bridgehead atoms. The number of carbonyl (C=O) groups is 2. The zero-order valence-electron chi connectivity index (χ0n) is 15.7. The number of hydrogen-bond acceptors (Lipinski definition) is 3. The van der Waals surface area contributed by atoms with Gasteiger partial charge in [0.1, 0.15) is 0 Å². The maximum atomic E-state index is 12.4.